The van der Waals surface area contributed by atoms with Crippen LogP contribution in [0, 0.1) is 6.92 Å². The Morgan fingerprint density at radius 2 is 1.54 bits per heavy atom. The SMILES string of the molecule is Cc1cccc(C(C)(O)c2ccc(B3OC(C)(C)C(C)(C)O3)c(Cl)c2)c1. The summed E-state index contributed by atoms with van der Waals surface area (Å²) in [5.41, 5.74) is 1.45. The first-order chi connectivity index (χ1) is 11.9. The molecule has 3 rings (SSSR count). The second-order valence-corrected chi connectivity index (χ2v) is 8.67. The standard InChI is InChI=1S/C21H26BClO3/c1-14-8-7-9-15(12-14)21(6,24)16-10-11-17(18(23)13-16)22-25-19(2,3)20(4,5)26-22/h7-13,24H,1-6H3. The Bertz CT molecular complexity index is 814. The van der Waals surface area contributed by atoms with Gasteiger partial charge < -0.3 is 14.4 Å². The van der Waals surface area contributed by atoms with Gasteiger partial charge in [0.25, 0.3) is 0 Å². The second-order valence-electron chi connectivity index (χ2n) is 8.27. The molecule has 1 aliphatic heterocycles. The molecular formula is C21H26BClO3. The maximum Gasteiger partial charge on any atom is 0.496 e. The van der Waals surface area contributed by atoms with E-state index in [9.17, 15) is 5.11 Å². The first-order valence-corrected chi connectivity index (χ1v) is 9.27. The predicted molar refractivity (Wildman–Crippen MR) is 107 cm³/mol. The van der Waals surface area contributed by atoms with E-state index in [1.54, 1.807) is 13.0 Å². The van der Waals surface area contributed by atoms with Crippen molar-refractivity contribution in [3.63, 3.8) is 0 Å². The van der Waals surface area contributed by atoms with Gasteiger partial charge in [-0.15, -0.1) is 0 Å². The van der Waals surface area contributed by atoms with Crippen LogP contribution in [0.25, 0.3) is 0 Å². The molecule has 26 heavy (non-hydrogen) atoms. The molecule has 0 amide bonds. The van der Waals surface area contributed by atoms with Crippen molar-refractivity contribution in [1.82, 2.24) is 0 Å². The highest BCUT2D eigenvalue weighted by Gasteiger charge is 2.52. The summed E-state index contributed by atoms with van der Waals surface area (Å²) in [6.45, 7) is 11.8. The molecule has 1 heterocycles. The molecule has 0 aromatic heterocycles. The van der Waals surface area contributed by atoms with Crippen molar-refractivity contribution in [3.8, 4) is 0 Å². The van der Waals surface area contributed by atoms with Crippen LogP contribution in [-0.4, -0.2) is 23.4 Å². The van der Waals surface area contributed by atoms with Gasteiger partial charge in [0.05, 0.1) is 11.2 Å². The molecule has 2 aromatic carbocycles. The van der Waals surface area contributed by atoms with Crippen molar-refractivity contribution >= 4 is 24.2 Å². The van der Waals surface area contributed by atoms with E-state index < -0.39 is 23.9 Å². The molecule has 5 heteroatoms. The molecule has 0 radical (unpaired) electrons. The first-order valence-electron chi connectivity index (χ1n) is 8.89. The van der Waals surface area contributed by atoms with Gasteiger partial charge in [0.1, 0.15) is 5.60 Å². The molecule has 0 bridgehead atoms. The number of hydrogen-bond donors (Lipinski definition) is 1. The Morgan fingerprint density at radius 3 is 2.08 bits per heavy atom. The van der Waals surface area contributed by atoms with Crippen molar-refractivity contribution in [1.29, 1.82) is 0 Å². The van der Waals surface area contributed by atoms with E-state index in [0.717, 1.165) is 22.2 Å². The highest BCUT2D eigenvalue weighted by molar-refractivity contribution is 6.65. The molecule has 1 N–H and O–H groups in total. The molecular weight excluding hydrogens is 346 g/mol. The van der Waals surface area contributed by atoms with Gasteiger partial charge in [-0.05, 0) is 58.7 Å². The molecule has 1 aliphatic rings. The fourth-order valence-corrected chi connectivity index (χ4v) is 3.38. The number of aryl methyl sites for hydroxylation is 1. The van der Waals surface area contributed by atoms with Crippen LogP contribution in [0.1, 0.15) is 51.3 Å². The van der Waals surface area contributed by atoms with Gasteiger partial charge >= 0.3 is 7.12 Å². The Morgan fingerprint density at radius 1 is 0.962 bits per heavy atom. The monoisotopic (exact) mass is 372 g/mol. The predicted octanol–water partition coefficient (Wildman–Crippen LogP) is 4.20. The summed E-state index contributed by atoms with van der Waals surface area (Å²) in [5, 5.41) is 11.6. The lowest BCUT2D eigenvalue weighted by molar-refractivity contribution is 0.00578. The topological polar surface area (TPSA) is 38.7 Å². The van der Waals surface area contributed by atoms with Gasteiger partial charge in [-0.3, -0.25) is 0 Å². The highest BCUT2D eigenvalue weighted by Crippen LogP contribution is 2.37. The maximum atomic E-state index is 11.1. The molecule has 1 unspecified atom stereocenters. The normalized spacial score (nSPS) is 20.8. The zero-order chi connectivity index (χ0) is 19.3. The molecule has 1 fully saturated rings. The fourth-order valence-electron chi connectivity index (χ4n) is 3.11. The van der Waals surface area contributed by atoms with E-state index >= 15 is 0 Å². The minimum Gasteiger partial charge on any atom is -0.399 e. The second kappa shape index (κ2) is 6.38. The maximum absolute atomic E-state index is 11.1. The molecule has 3 nitrogen and oxygen atoms in total. The van der Waals surface area contributed by atoms with Crippen LogP contribution in [0.4, 0.5) is 0 Å². The van der Waals surface area contributed by atoms with Gasteiger partial charge in [0.2, 0.25) is 0 Å². The van der Waals surface area contributed by atoms with Crippen molar-refractivity contribution < 1.29 is 14.4 Å². The number of rotatable bonds is 3. The molecule has 0 aliphatic carbocycles. The number of hydrogen-bond acceptors (Lipinski definition) is 3. The Kier molecular flexibility index (Phi) is 4.77. The summed E-state index contributed by atoms with van der Waals surface area (Å²) in [4.78, 5) is 0. The third kappa shape index (κ3) is 3.32. The van der Waals surface area contributed by atoms with Crippen LogP contribution in [0.15, 0.2) is 42.5 Å². The molecule has 1 saturated heterocycles. The van der Waals surface area contributed by atoms with Gasteiger partial charge in [0.15, 0.2) is 0 Å². The van der Waals surface area contributed by atoms with Crippen LogP contribution < -0.4 is 5.46 Å². The van der Waals surface area contributed by atoms with Crippen molar-refractivity contribution in [2.45, 2.75) is 58.3 Å². The van der Waals surface area contributed by atoms with Crippen molar-refractivity contribution in [2.24, 2.45) is 0 Å². The van der Waals surface area contributed by atoms with E-state index in [2.05, 4.69) is 0 Å². The Labute approximate surface area is 161 Å². The lowest BCUT2D eigenvalue weighted by atomic mass is 9.77. The summed E-state index contributed by atoms with van der Waals surface area (Å²) < 4.78 is 12.2. The summed E-state index contributed by atoms with van der Waals surface area (Å²) >= 11 is 6.55. The van der Waals surface area contributed by atoms with E-state index in [1.807, 2.05) is 71.0 Å². The van der Waals surface area contributed by atoms with Crippen LogP contribution in [0.3, 0.4) is 0 Å². The molecule has 138 valence electrons. The van der Waals surface area contributed by atoms with E-state index in [1.165, 1.54) is 0 Å². The highest BCUT2D eigenvalue weighted by atomic mass is 35.5. The third-order valence-corrected chi connectivity index (χ3v) is 5.98. The van der Waals surface area contributed by atoms with E-state index in [4.69, 9.17) is 20.9 Å². The largest absolute Gasteiger partial charge is 0.496 e. The average molecular weight is 373 g/mol. The van der Waals surface area contributed by atoms with Gasteiger partial charge in [0, 0.05) is 10.5 Å². The zero-order valence-electron chi connectivity index (χ0n) is 16.3. The Balaban J connectivity index is 1.94. The van der Waals surface area contributed by atoms with E-state index in [-0.39, 0.29) is 0 Å². The minimum absolute atomic E-state index is 0.424. The van der Waals surface area contributed by atoms with Gasteiger partial charge in [-0.1, -0.05) is 53.6 Å². The van der Waals surface area contributed by atoms with Gasteiger partial charge in [-0.2, -0.15) is 0 Å². The van der Waals surface area contributed by atoms with E-state index in [0.29, 0.717) is 5.02 Å². The van der Waals surface area contributed by atoms with Crippen molar-refractivity contribution in [3.05, 3.63) is 64.2 Å². The minimum atomic E-state index is -1.13. The zero-order valence-corrected chi connectivity index (χ0v) is 17.0. The number of benzene rings is 2. The Hall–Kier alpha value is -1.33. The number of halogens is 1. The number of aliphatic hydroxyl groups is 1. The first kappa shape index (κ1) is 19.4. The summed E-state index contributed by atoms with van der Waals surface area (Å²) in [5.74, 6) is 0. The summed E-state index contributed by atoms with van der Waals surface area (Å²) in [7, 11) is -0.523. The lowest BCUT2D eigenvalue weighted by Crippen LogP contribution is -2.41. The quantitative estimate of drug-likeness (QED) is 0.821. The van der Waals surface area contributed by atoms with Crippen LogP contribution in [0.5, 0.6) is 0 Å². The summed E-state index contributed by atoms with van der Waals surface area (Å²) in [6.07, 6.45) is 0. The molecule has 1 atom stereocenters. The summed E-state index contributed by atoms with van der Waals surface area (Å²) in [6, 6.07) is 13.4. The van der Waals surface area contributed by atoms with Crippen LogP contribution >= 0.6 is 11.6 Å². The molecule has 2 aromatic rings. The smallest absolute Gasteiger partial charge is 0.399 e. The average Bonchev–Trinajstić information content (AvgIpc) is 2.75. The third-order valence-electron chi connectivity index (χ3n) is 5.65. The fraction of sp³-hybridized carbons (Fsp3) is 0.429. The van der Waals surface area contributed by atoms with Gasteiger partial charge in [-0.25, -0.2) is 0 Å². The molecule has 0 saturated carbocycles. The molecule has 0 spiro atoms. The lowest BCUT2D eigenvalue weighted by Gasteiger charge is -2.32. The van der Waals surface area contributed by atoms with Crippen LogP contribution in [0.2, 0.25) is 5.02 Å². The van der Waals surface area contributed by atoms with Crippen molar-refractivity contribution in [2.75, 3.05) is 0 Å². The van der Waals surface area contributed by atoms with Crippen LogP contribution in [-0.2, 0) is 14.9 Å².